The molecule has 0 saturated carbocycles. The molecular weight excluding hydrogens is 274 g/mol. The smallest absolute Gasteiger partial charge is 0.146 e. The largest absolute Gasteiger partial charge is 0.390 e. The summed E-state index contributed by atoms with van der Waals surface area (Å²) in [6, 6.07) is 7.50. The van der Waals surface area contributed by atoms with E-state index in [0.717, 1.165) is 5.56 Å². The molecule has 1 aliphatic rings. The molecule has 0 radical (unpaired) electrons. The summed E-state index contributed by atoms with van der Waals surface area (Å²) in [5, 5.41) is 10.1. The molecule has 2 rings (SSSR count). The van der Waals surface area contributed by atoms with Crippen molar-refractivity contribution in [1.82, 2.24) is 4.90 Å². The third kappa shape index (κ3) is 3.60. The Kier molecular flexibility index (Phi) is 4.52. The first-order valence-electron chi connectivity index (χ1n) is 6.97. The number of nitrogens with zero attached hydrogens (tertiary/aromatic N) is 1. The number of aliphatic hydroxyl groups excluding tert-OH is 1. The topological polar surface area (TPSA) is 40.5 Å². The molecule has 0 bridgehead atoms. The summed E-state index contributed by atoms with van der Waals surface area (Å²) < 4.78 is 0. The van der Waals surface area contributed by atoms with Crippen LogP contribution in [0.15, 0.2) is 24.3 Å². The minimum atomic E-state index is -0.381. The minimum Gasteiger partial charge on any atom is -0.390 e. The molecule has 1 fully saturated rings. The first kappa shape index (κ1) is 15.5. The average molecular weight is 296 g/mol. The molecule has 1 saturated heterocycles. The van der Waals surface area contributed by atoms with Crippen molar-refractivity contribution in [3.8, 4) is 0 Å². The molecule has 1 aromatic carbocycles. The fraction of sp³-hybridized carbons (Fsp3) is 0.562. The van der Waals surface area contributed by atoms with E-state index in [0.29, 0.717) is 24.7 Å². The number of halogens is 1. The van der Waals surface area contributed by atoms with Gasteiger partial charge in [-0.05, 0) is 17.7 Å². The Balaban J connectivity index is 2.19. The highest BCUT2D eigenvalue weighted by Crippen LogP contribution is 2.30. The zero-order chi connectivity index (χ0) is 14.9. The Morgan fingerprint density at radius 3 is 2.35 bits per heavy atom. The second-order valence-electron chi connectivity index (χ2n) is 6.59. The van der Waals surface area contributed by atoms with Gasteiger partial charge in [0, 0.05) is 30.1 Å². The predicted molar refractivity (Wildman–Crippen MR) is 81.1 cm³/mol. The summed E-state index contributed by atoms with van der Waals surface area (Å²) in [5.74, 6) is 0.0565. The van der Waals surface area contributed by atoms with E-state index in [1.54, 1.807) is 0 Å². The van der Waals surface area contributed by atoms with Gasteiger partial charge in [0.25, 0.3) is 0 Å². The average Bonchev–Trinajstić information content (AvgIpc) is 2.32. The fourth-order valence-corrected chi connectivity index (χ4v) is 2.63. The number of Topliss-reactive ketones (excluding diaryl/α,β-unsaturated/α-hetero) is 1. The number of ketones is 1. The van der Waals surface area contributed by atoms with Crippen LogP contribution in [0.25, 0.3) is 0 Å². The van der Waals surface area contributed by atoms with Gasteiger partial charge in [0.2, 0.25) is 0 Å². The molecule has 0 amide bonds. The molecule has 110 valence electrons. The Morgan fingerprint density at radius 1 is 1.35 bits per heavy atom. The van der Waals surface area contributed by atoms with Gasteiger partial charge in [0.15, 0.2) is 0 Å². The van der Waals surface area contributed by atoms with Crippen molar-refractivity contribution in [2.75, 3.05) is 19.6 Å². The number of hydrogen-bond donors (Lipinski definition) is 1. The van der Waals surface area contributed by atoms with Crippen LogP contribution in [0.3, 0.4) is 0 Å². The minimum absolute atomic E-state index is 0.167. The van der Waals surface area contributed by atoms with Gasteiger partial charge in [-0.25, -0.2) is 0 Å². The van der Waals surface area contributed by atoms with Gasteiger partial charge in [0.1, 0.15) is 5.78 Å². The summed E-state index contributed by atoms with van der Waals surface area (Å²) in [7, 11) is 0. The fourth-order valence-electron chi connectivity index (χ4n) is 2.51. The van der Waals surface area contributed by atoms with E-state index in [-0.39, 0.29) is 23.2 Å². The van der Waals surface area contributed by atoms with Crippen LogP contribution in [0.5, 0.6) is 0 Å². The molecule has 0 aliphatic carbocycles. The second-order valence-corrected chi connectivity index (χ2v) is 7.03. The summed E-state index contributed by atoms with van der Waals surface area (Å²) in [4.78, 5) is 14.8. The lowest BCUT2D eigenvalue weighted by atomic mass is 9.79. The van der Waals surface area contributed by atoms with Crippen LogP contribution in [-0.2, 0) is 4.79 Å². The number of likely N-dealkylation sites (tertiary alicyclic amines) is 1. The number of carbonyl (C=O) groups is 1. The quantitative estimate of drug-likeness (QED) is 0.928. The van der Waals surface area contributed by atoms with E-state index in [4.69, 9.17) is 11.6 Å². The van der Waals surface area contributed by atoms with Crippen LogP contribution in [0.1, 0.15) is 32.3 Å². The zero-order valence-electron chi connectivity index (χ0n) is 12.3. The molecule has 20 heavy (non-hydrogen) atoms. The van der Waals surface area contributed by atoms with Gasteiger partial charge >= 0.3 is 0 Å². The Hall–Kier alpha value is -0.900. The molecule has 0 spiro atoms. The third-order valence-electron chi connectivity index (χ3n) is 3.71. The lowest BCUT2D eigenvalue weighted by Crippen LogP contribution is -2.53. The van der Waals surface area contributed by atoms with Gasteiger partial charge < -0.3 is 5.11 Å². The number of β-amino-alcohol motifs (C(OH)–C–C–N with tert-alkyl or cyclic N) is 1. The maximum absolute atomic E-state index is 12.7. The number of carbonyl (C=O) groups excluding carboxylic acids is 1. The van der Waals surface area contributed by atoms with E-state index >= 15 is 0 Å². The van der Waals surface area contributed by atoms with Crippen LogP contribution < -0.4 is 0 Å². The normalized spacial score (nSPS) is 18.6. The second kappa shape index (κ2) is 5.84. The zero-order valence-corrected chi connectivity index (χ0v) is 13.0. The Bertz CT molecular complexity index is 472. The lowest BCUT2D eigenvalue weighted by molar-refractivity contribution is -0.129. The van der Waals surface area contributed by atoms with E-state index in [9.17, 15) is 9.90 Å². The molecule has 1 N–H and O–H groups in total. The maximum atomic E-state index is 12.7. The van der Waals surface area contributed by atoms with Crippen molar-refractivity contribution in [1.29, 1.82) is 0 Å². The van der Waals surface area contributed by atoms with Crippen LogP contribution in [0, 0.1) is 5.41 Å². The molecule has 1 aliphatic heterocycles. The van der Waals surface area contributed by atoms with Crippen molar-refractivity contribution >= 4 is 17.4 Å². The predicted octanol–water partition coefficient (Wildman–Crippen LogP) is 2.72. The number of rotatable bonds is 4. The lowest BCUT2D eigenvalue weighted by Gasteiger charge is -2.39. The molecule has 1 atom stereocenters. The molecule has 4 heteroatoms. The third-order valence-corrected chi connectivity index (χ3v) is 3.96. The summed E-state index contributed by atoms with van der Waals surface area (Å²) in [6.07, 6.45) is -0.245. The summed E-state index contributed by atoms with van der Waals surface area (Å²) in [6.45, 7) is 7.81. The number of benzene rings is 1. The van der Waals surface area contributed by atoms with Gasteiger partial charge in [-0.2, -0.15) is 0 Å². The van der Waals surface area contributed by atoms with Crippen molar-refractivity contribution < 1.29 is 9.90 Å². The SMILES string of the molecule is CC(C)(C)C(=O)C(CN1CC(O)C1)c1ccc(Cl)cc1. The van der Waals surface area contributed by atoms with E-state index in [1.165, 1.54) is 0 Å². The van der Waals surface area contributed by atoms with E-state index in [2.05, 4.69) is 4.90 Å². The molecule has 1 heterocycles. The maximum Gasteiger partial charge on any atom is 0.146 e. The van der Waals surface area contributed by atoms with Crippen LogP contribution >= 0.6 is 11.6 Å². The van der Waals surface area contributed by atoms with E-state index < -0.39 is 0 Å². The van der Waals surface area contributed by atoms with Crippen molar-refractivity contribution in [2.24, 2.45) is 5.41 Å². The van der Waals surface area contributed by atoms with Crippen molar-refractivity contribution in [3.63, 3.8) is 0 Å². The van der Waals surface area contributed by atoms with Crippen molar-refractivity contribution in [3.05, 3.63) is 34.9 Å². The molecular formula is C16H22ClNO2. The molecule has 3 nitrogen and oxygen atoms in total. The highest BCUT2D eigenvalue weighted by Gasteiger charge is 2.35. The number of hydrogen-bond acceptors (Lipinski definition) is 3. The Morgan fingerprint density at radius 2 is 1.90 bits per heavy atom. The highest BCUT2D eigenvalue weighted by atomic mass is 35.5. The van der Waals surface area contributed by atoms with Gasteiger partial charge in [-0.1, -0.05) is 44.5 Å². The molecule has 0 aromatic heterocycles. The first-order chi connectivity index (χ1) is 9.27. The van der Waals surface area contributed by atoms with Crippen LogP contribution in [0.4, 0.5) is 0 Å². The summed E-state index contributed by atoms with van der Waals surface area (Å²) in [5.41, 5.74) is 0.615. The van der Waals surface area contributed by atoms with Crippen LogP contribution in [-0.4, -0.2) is 41.5 Å². The molecule has 1 aromatic rings. The number of aliphatic hydroxyl groups is 1. The monoisotopic (exact) mass is 295 g/mol. The van der Waals surface area contributed by atoms with Crippen molar-refractivity contribution in [2.45, 2.75) is 32.8 Å². The van der Waals surface area contributed by atoms with Crippen LogP contribution in [0.2, 0.25) is 5.02 Å². The Labute approximate surface area is 125 Å². The summed E-state index contributed by atoms with van der Waals surface area (Å²) >= 11 is 5.92. The van der Waals surface area contributed by atoms with Gasteiger partial charge in [-0.15, -0.1) is 0 Å². The standard InChI is InChI=1S/C16H22ClNO2/c1-16(2,3)15(20)14(10-18-8-13(19)9-18)11-4-6-12(17)7-5-11/h4-7,13-14,19H,8-10H2,1-3H3. The van der Waals surface area contributed by atoms with Gasteiger partial charge in [-0.3, -0.25) is 9.69 Å². The first-order valence-corrected chi connectivity index (χ1v) is 7.35. The van der Waals surface area contributed by atoms with Gasteiger partial charge in [0.05, 0.1) is 12.0 Å². The molecule has 1 unspecified atom stereocenters. The van der Waals surface area contributed by atoms with E-state index in [1.807, 2.05) is 45.0 Å². The highest BCUT2D eigenvalue weighted by molar-refractivity contribution is 6.30.